The first kappa shape index (κ1) is 21.8. The van der Waals surface area contributed by atoms with Crippen LogP contribution in [0.1, 0.15) is 60.3 Å². The Kier molecular flexibility index (Phi) is 13.2. The molecule has 3 atom stereocenters. The molecule has 0 bridgehead atoms. The van der Waals surface area contributed by atoms with E-state index in [2.05, 4.69) is 69.6 Å². The van der Waals surface area contributed by atoms with Crippen molar-refractivity contribution in [2.75, 3.05) is 33.7 Å². The largest absolute Gasteiger partial charge is 0.314 e. The molecule has 134 valence electrons. The standard InChI is InChI=1S/C18H42N4/c1-15(2)21-18(5)11-10-17(4)19-12-8-9-16(3)20-13-14-22(6)7/h15-21H,8-14H2,1-7H3. The molecule has 4 heteroatoms. The fourth-order valence-electron chi connectivity index (χ4n) is 2.65. The van der Waals surface area contributed by atoms with Gasteiger partial charge in [-0.2, -0.15) is 0 Å². The van der Waals surface area contributed by atoms with Gasteiger partial charge in [-0.25, -0.2) is 0 Å². The molecular formula is C18H42N4. The third-order valence-corrected chi connectivity index (χ3v) is 4.01. The van der Waals surface area contributed by atoms with E-state index in [0.717, 1.165) is 19.6 Å². The van der Waals surface area contributed by atoms with Gasteiger partial charge in [0.1, 0.15) is 0 Å². The molecule has 0 aromatic heterocycles. The van der Waals surface area contributed by atoms with Crippen LogP contribution in [0.15, 0.2) is 0 Å². The molecule has 4 nitrogen and oxygen atoms in total. The maximum Gasteiger partial charge on any atom is 0.0101 e. The minimum atomic E-state index is 0.583. The molecular weight excluding hydrogens is 272 g/mol. The van der Waals surface area contributed by atoms with Crippen molar-refractivity contribution < 1.29 is 0 Å². The molecule has 0 aromatic rings. The third-order valence-electron chi connectivity index (χ3n) is 4.01. The van der Waals surface area contributed by atoms with Crippen molar-refractivity contribution in [1.29, 1.82) is 0 Å². The van der Waals surface area contributed by atoms with Crippen LogP contribution < -0.4 is 16.0 Å². The van der Waals surface area contributed by atoms with Crippen LogP contribution in [0.5, 0.6) is 0 Å². The van der Waals surface area contributed by atoms with Crippen molar-refractivity contribution >= 4 is 0 Å². The summed E-state index contributed by atoms with van der Waals surface area (Å²) in [6.07, 6.45) is 4.99. The molecule has 3 N–H and O–H groups in total. The van der Waals surface area contributed by atoms with Gasteiger partial charge < -0.3 is 20.9 Å². The first-order chi connectivity index (χ1) is 10.3. The molecule has 0 amide bonds. The van der Waals surface area contributed by atoms with Gasteiger partial charge in [-0.3, -0.25) is 0 Å². The van der Waals surface area contributed by atoms with E-state index < -0.39 is 0 Å². The van der Waals surface area contributed by atoms with Gasteiger partial charge >= 0.3 is 0 Å². The van der Waals surface area contributed by atoms with E-state index in [1.165, 1.54) is 25.7 Å². The minimum absolute atomic E-state index is 0.583. The summed E-state index contributed by atoms with van der Waals surface area (Å²) in [5, 5.41) is 10.8. The van der Waals surface area contributed by atoms with Gasteiger partial charge in [0.2, 0.25) is 0 Å². The quantitative estimate of drug-likeness (QED) is 0.431. The smallest absolute Gasteiger partial charge is 0.0101 e. The van der Waals surface area contributed by atoms with Gasteiger partial charge in [-0.1, -0.05) is 13.8 Å². The van der Waals surface area contributed by atoms with Crippen molar-refractivity contribution in [3.8, 4) is 0 Å². The van der Waals surface area contributed by atoms with Crippen LogP contribution in [0, 0.1) is 0 Å². The maximum atomic E-state index is 3.66. The van der Waals surface area contributed by atoms with Crippen molar-refractivity contribution in [1.82, 2.24) is 20.9 Å². The summed E-state index contributed by atoms with van der Waals surface area (Å²) in [4.78, 5) is 2.22. The topological polar surface area (TPSA) is 39.3 Å². The van der Waals surface area contributed by atoms with Crippen LogP contribution in [0.2, 0.25) is 0 Å². The monoisotopic (exact) mass is 314 g/mol. The highest BCUT2D eigenvalue weighted by Gasteiger charge is 2.07. The van der Waals surface area contributed by atoms with Crippen LogP contribution in [0.25, 0.3) is 0 Å². The highest BCUT2D eigenvalue weighted by Crippen LogP contribution is 2.03. The zero-order chi connectivity index (χ0) is 17.0. The van der Waals surface area contributed by atoms with E-state index in [4.69, 9.17) is 0 Å². The molecule has 0 fully saturated rings. The van der Waals surface area contributed by atoms with Gasteiger partial charge in [-0.15, -0.1) is 0 Å². The van der Waals surface area contributed by atoms with Crippen LogP contribution in [-0.4, -0.2) is 62.8 Å². The molecule has 0 saturated carbocycles. The molecule has 0 rings (SSSR count). The van der Waals surface area contributed by atoms with E-state index in [-0.39, 0.29) is 0 Å². The molecule has 22 heavy (non-hydrogen) atoms. The summed E-state index contributed by atoms with van der Waals surface area (Å²) < 4.78 is 0. The van der Waals surface area contributed by atoms with Gasteiger partial charge in [0.15, 0.2) is 0 Å². The number of hydrogen-bond donors (Lipinski definition) is 3. The Morgan fingerprint density at radius 1 is 0.727 bits per heavy atom. The van der Waals surface area contributed by atoms with E-state index in [1.54, 1.807) is 0 Å². The fraction of sp³-hybridized carbons (Fsp3) is 1.00. The Bertz CT molecular complexity index is 243. The SMILES string of the molecule is CC(C)NC(C)CCC(C)NCCCC(C)NCCN(C)C. The number of nitrogens with one attached hydrogen (secondary N) is 3. The number of likely N-dealkylation sites (N-methyl/N-ethyl adjacent to an activating group) is 1. The Morgan fingerprint density at radius 2 is 1.27 bits per heavy atom. The van der Waals surface area contributed by atoms with Crippen LogP contribution >= 0.6 is 0 Å². The molecule has 3 unspecified atom stereocenters. The zero-order valence-electron chi connectivity index (χ0n) is 16.2. The molecule has 0 saturated heterocycles. The fourth-order valence-corrected chi connectivity index (χ4v) is 2.65. The van der Waals surface area contributed by atoms with E-state index >= 15 is 0 Å². The number of rotatable bonds is 14. The first-order valence-corrected chi connectivity index (χ1v) is 9.18. The summed E-state index contributed by atoms with van der Waals surface area (Å²) in [6, 6.07) is 2.44. The molecule has 0 spiro atoms. The number of hydrogen-bond acceptors (Lipinski definition) is 4. The molecule has 0 heterocycles. The first-order valence-electron chi connectivity index (χ1n) is 9.18. The average molecular weight is 315 g/mol. The lowest BCUT2D eigenvalue weighted by Gasteiger charge is -2.20. The summed E-state index contributed by atoms with van der Waals surface area (Å²) >= 11 is 0. The lowest BCUT2D eigenvalue weighted by atomic mass is 10.1. The second kappa shape index (κ2) is 13.3. The van der Waals surface area contributed by atoms with Crippen molar-refractivity contribution in [2.45, 2.75) is 84.5 Å². The Hall–Kier alpha value is -0.160. The molecule has 0 aliphatic carbocycles. The average Bonchev–Trinajstić information content (AvgIpc) is 2.40. The summed E-state index contributed by atoms with van der Waals surface area (Å²) in [7, 11) is 4.24. The Morgan fingerprint density at radius 3 is 1.86 bits per heavy atom. The Balaban J connectivity index is 3.49. The van der Waals surface area contributed by atoms with Gasteiger partial charge in [0, 0.05) is 37.3 Å². The molecule has 0 aromatic carbocycles. The molecule has 0 radical (unpaired) electrons. The van der Waals surface area contributed by atoms with E-state index in [9.17, 15) is 0 Å². The van der Waals surface area contributed by atoms with Crippen LogP contribution in [0.3, 0.4) is 0 Å². The summed E-state index contributed by atoms with van der Waals surface area (Å²) in [5.74, 6) is 0. The van der Waals surface area contributed by atoms with E-state index in [1.807, 2.05) is 0 Å². The normalized spacial score (nSPS) is 16.2. The highest BCUT2D eigenvalue weighted by atomic mass is 15.1. The van der Waals surface area contributed by atoms with Crippen molar-refractivity contribution in [3.63, 3.8) is 0 Å². The predicted octanol–water partition coefficient (Wildman–Crippen LogP) is 2.45. The zero-order valence-corrected chi connectivity index (χ0v) is 16.2. The second-order valence-electron chi connectivity index (χ2n) is 7.46. The lowest BCUT2D eigenvalue weighted by Crippen LogP contribution is -2.35. The predicted molar refractivity (Wildman–Crippen MR) is 99.7 cm³/mol. The van der Waals surface area contributed by atoms with Crippen molar-refractivity contribution in [2.24, 2.45) is 0 Å². The minimum Gasteiger partial charge on any atom is -0.314 e. The van der Waals surface area contributed by atoms with Gasteiger partial charge in [0.25, 0.3) is 0 Å². The molecule has 0 aliphatic rings. The maximum absolute atomic E-state index is 3.66. The highest BCUT2D eigenvalue weighted by molar-refractivity contribution is 4.69. The summed E-state index contributed by atoms with van der Waals surface area (Å²) in [5.41, 5.74) is 0. The third kappa shape index (κ3) is 14.8. The van der Waals surface area contributed by atoms with E-state index in [0.29, 0.717) is 24.2 Å². The lowest BCUT2D eigenvalue weighted by molar-refractivity contribution is 0.377. The Labute approximate surface area is 139 Å². The number of nitrogens with zero attached hydrogens (tertiary/aromatic N) is 1. The van der Waals surface area contributed by atoms with Crippen molar-refractivity contribution in [3.05, 3.63) is 0 Å². The van der Waals surface area contributed by atoms with Gasteiger partial charge in [0.05, 0.1) is 0 Å². The molecule has 0 aliphatic heterocycles. The second-order valence-corrected chi connectivity index (χ2v) is 7.46. The van der Waals surface area contributed by atoms with Gasteiger partial charge in [-0.05, 0) is 67.1 Å². The van der Waals surface area contributed by atoms with Crippen LogP contribution in [-0.2, 0) is 0 Å². The summed E-state index contributed by atoms with van der Waals surface area (Å²) in [6.45, 7) is 14.6. The van der Waals surface area contributed by atoms with Crippen LogP contribution in [0.4, 0.5) is 0 Å².